The Balaban J connectivity index is 2.64. The molecule has 1 atom stereocenters. The van der Waals surface area contributed by atoms with Gasteiger partial charge in [-0.05, 0) is 23.0 Å². The second-order valence-corrected chi connectivity index (χ2v) is 5.87. The van der Waals surface area contributed by atoms with Gasteiger partial charge in [0.2, 0.25) is 0 Å². The highest BCUT2D eigenvalue weighted by Crippen LogP contribution is 2.45. The van der Waals surface area contributed by atoms with E-state index in [-0.39, 0.29) is 16.9 Å². The highest BCUT2D eigenvalue weighted by molar-refractivity contribution is 5.42. The second-order valence-electron chi connectivity index (χ2n) is 5.87. The topological polar surface area (TPSA) is 20.2 Å². The van der Waals surface area contributed by atoms with Crippen LogP contribution in [0.5, 0.6) is 0 Å². The van der Waals surface area contributed by atoms with Gasteiger partial charge in [0.05, 0.1) is 6.10 Å². The third-order valence-corrected chi connectivity index (χ3v) is 3.89. The summed E-state index contributed by atoms with van der Waals surface area (Å²) in [6.45, 7) is 8.69. The molecule has 1 aliphatic carbocycles. The quantitative estimate of drug-likeness (QED) is 0.688. The van der Waals surface area contributed by atoms with Crippen LogP contribution in [0.4, 0.5) is 0 Å². The van der Waals surface area contributed by atoms with Crippen molar-refractivity contribution in [1.82, 2.24) is 0 Å². The van der Waals surface area contributed by atoms with Gasteiger partial charge < -0.3 is 5.11 Å². The largest absolute Gasteiger partial charge is 0.392 e. The molecule has 0 aromatic heterocycles. The molecule has 0 unspecified atom stereocenters. The predicted molar refractivity (Wildman–Crippen MR) is 63.1 cm³/mol. The van der Waals surface area contributed by atoms with E-state index in [0.717, 1.165) is 6.42 Å². The van der Waals surface area contributed by atoms with Crippen molar-refractivity contribution in [3.05, 3.63) is 35.4 Å². The summed E-state index contributed by atoms with van der Waals surface area (Å²) in [4.78, 5) is 0. The molecule has 0 bridgehead atoms. The zero-order chi connectivity index (χ0) is 11.3. The minimum Gasteiger partial charge on any atom is -0.392 e. The minimum atomic E-state index is -0.248. The first-order chi connectivity index (χ1) is 6.86. The van der Waals surface area contributed by atoms with E-state index in [9.17, 15) is 5.11 Å². The predicted octanol–water partition coefficient (Wildman–Crippen LogP) is 3.01. The molecule has 1 nitrogen and oxygen atoms in total. The molecule has 0 heterocycles. The highest BCUT2D eigenvalue weighted by atomic mass is 16.3. The second kappa shape index (κ2) is 3.08. The number of fused-ring (bicyclic) bond motifs is 1. The molecule has 0 spiro atoms. The average molecular weight is 204 g/mol. The third kappa shape index (κ3) is 1.50. The summed E-state index contributed by atoms with van der Waals surface area (Å²) in [6.07, 6.45) is 0.596. The Hall–Kier alpha value is -0.820. The maximum atomic E-state index is 10.2. The lowest BCUT2D eigenvalue weighted by Crippen LogP contribution is -2.45. The van der Waals surface area contributed by atoms with Gasteiger partial charge in [-0.2, -0.15) is 0 Å². The Bertz CT molecular complexity index is 377. The van der Waals surface area contributed by atoms with Crippen molar-refractivity contribution >= 4 is 0 Å². The number of hydrogen-bond donors (Lipinski definition) is 1. The molecule has 1 aromatic carbocycles. The van der Waals surface area contributed by atoms with Gasteiger partial charge in [-0.1, -0.05) is 52.0 Å². The van der Waals surface area contributed by atoms with Crippen LogP contribution in [-0.2, 0) is 10.8 Å². The Morgan fingerprint density at radius 1 is 1.07 bits per heavy atom. The van der Waals surface area contributed by atoms with Gasteiger partial charge in [-0.25, -0.2) is 0 Å². The fourth-order valence-electron chi connectivity index (χ4n) is 2.66. The van der Waals surface area contributed by atoms with Crippen molar-refractivity contribution < 1.29 is 5.11 Å². The van der Waals surface area contributed by atoms with Crippen LogP contribution in [0.3, 0.4) is 0 Å². The van der Waals surface area contributed by atoms with Crippen LogP contribution < -0.4 is 0 Å². The molecule has 0 radical (unpaired) electrons. The van der Waals surface area contributed by atoms with Crippen LogP contribution in [0.2, 0.25) is 0 Å². The van der Waals surface area contributed by atoms with Gasteiger partial charge in [0.25, 0.3) is 0 Å². The van der Waals surface area contributed by atoms with Crippen LogP contribution in [-0.4, -0.2) is 11.2 Å². The number of rotatable bonds is 0. The molecular weight excluding hydrogens is 184 g/mol. The number of aliphatic hydroxyl groups is 1. The Morgan fingerprint density at radius 2 is 1.60 bits per heavy atom. The third-order valence-electron chi connectivity index (χ3n) is 3.89. The fourth-order valence-corrected chi connectivity index (χ4v) is 2.66. The van der Waals surface area contributed by atoms with Crippen LogP contribution in [0.25, 0.3) is 0 Å². The van der Waals surface area contributed by atoms with Gasteiger partial charge in [-0.15, -0.1) is 0 Å². The first-order valence-electron chi connectivity index (χ1n) is 5.64. The molecule has 1 heteroatoms. The molecule has 2 rings (SSSR count). The van der Waals surface area contributed by atoms with Crippen molar-refractivity contribution in [2.45, 2.75) is 51.0 Å². The monoisotopic (exact) mass is 204 g/mol. The molecule has 0 saturated heterocycles. The number of hydrogen-bond acceptors (Lipinski definition) is 1. The molecule has 1 aliphatic rings. The Morgan fingerprint density at radius 3 is 2.20 bits per heavy atom. The van der Waals surface area contributed by atoms with Crippen LogP contribution >= 0.6 is 0 Å². The molecule has 15 heavy (non-hydrogen) atoms. The Labute approximate surface area is 92.1 Å². The van der Waals surface area contributed by atoms with E-state index in [1.54, 1.807) is 0 Å². The zero-order valence-electron chi connectivity index (χ0n) is 10.0. The van der Waals surface area contributed by atoms with Gasteiger partial charge in [0.1, 0.15) is 0 Å². The van der Waals surface area contributed by atoms with Gasteiger partial charge in [0.15, 0.2) is 0 Å². The maximum absolute atomic E-state index is 10.2. The highest BCUT2D eigenvalue weighted by Gasteiger charge is 2.42. The summed E-state index contributed by atoms with van der Waals surface area (Å²) < 4.78 is 0. The van der Waals surface area contributed by atoms with E-state index in [1.165, 1.54) is 11.1 Å². The van der Waals surface area contributed by atoms with E-state index >= 15 is 0 Å². The summed E-state index contributed by atoms with van der Waals surface area (Å²) in [6, 6.07) is 8.51. The van der Waals surface area contributed by atoms with Crippen molar-refractivity contribution in [3.63, 3.8) is 0 Å². The molecule has 0 amide bonds. The van der Waals surface area contributed by atoms with Crippen molar-refractivity contribution in [2.24, 2.45) is 0 Å². The Kier molecular flexibility index (Phi) is 2.20. The molecule has 1 aromatic rings. The van der Waals surface area contributed by atoms with Crippen LogP contribution in [0, 0.1) is 0 Å². The van der Waals surface area contributed by atoms with E-state index in [1.807, 2.05) is 0 Å². The first-order valence-corrected chi connectivity index (χ1v) is 5.64. The normalized spacial score (nSPS) is 27.1. The van der Waals surface area contributed by atoms with Gasteiger partial charge >= 0.3 is 0 Å². The summed E-state index contributed by atoms with van der Waals surface area (Å²) >= 11 is 0. The maximum Gasteiger partial charge on any atom is 0.0639 e. The smallest absolute Gasteiger partial charge is 0.0639 e. The van der Waals surface area contributed by atoms with Crippen LogP contribution in [0.1, 0.15) is 45.2 Å². The van der Waals surface area contributed by atoms with E-state index in [4.69, 9.17) is 0 Å². The van der Waals surface area contributed by atoms with Crippen LogP contribution in [0.15, 0.2) is 24.3 Å². The molecular formula is C14H20O. The minimum absolute atomic E-state index is 0.0888. The van der Waals surface area contributed by atoms with Gasteiger partial charge in [0, 0.05) is 5.41 Å². The zero-order valence-corrected chi connectivity index (χ0v) is 10.0. The molecule has 0 fully saturated rings. The van der Waals surface area contributed by atoms with E-state index in [0.29, 0.717) is 0 Å². The molecule has 0 aliphatic heterocycles. The van der Waals surface area contributed by atoms with Crippen molar-refractivity contribution in [3.8, 4) is 0 Å². The summed E-state index contributed by atoms with van der Waals surface area (Å²) in [7, 11) is 0. The van der Waals surface area contributed by atoms with Gasteiger partial charge in [-0.3, -0.25) is 0 Å². The molecule has 0 saturated carbocycles. The number of aliphatic hydroxyl groups excluding tert-OH is 1. The SMILES string of the molecule is CC1(C)C[C@H](O)C(C)(C)c2ccccc21. The standard InChI is InChI=1S/C14H20O/c1-13(2)9-12(15)14(3,4)11-8-6-5-7-10(11)13/h5-8,12,15H,9H2,1-4H3/t12-/m0/s1. The summed E-state index contributed by atoms with van der Waals surface area (Å²) in [5.74, 6) is 0. The van der Waals surface area contributed by atoms with E-state index < -0.39 is 0 Å². The lowest BCUT2D eigenvalue weighted by Gasteiger charge is -2.45. The lowest BCUT2D eigenvalue weighted by molar-refractivity contribution is 0.0583. The first kappa shape index (κ1) is 10.7. The fraction of sp³-hybridized carbons (Fsp3) is 0.571. The lowest BCUT2D eigenvalue weighted by atomic mass is 9.61. The molecule has 1 N–H and O–H groups in total. The average Bonchev–Trinajstić information content (AvgIpc) is 2.15. The van der Waals surface area contributed by atoms with E-state index in [2.05, 4.69) is 52.0 Å². The summed E-state index contributed by atoms with van der Waals surface area (Å²) in [5, 5.41) is 10.2. The molecule has 82 valence electrons. The summed E-state index contributed by atoms with van der Waals surface area (Å²) in [5.41, 5.74) is 2.66. The number of benzene rings is 1. The van der Waals surface area contributed by atoms with Crippen molar-refractivity contribution in [1.29, 1.82) is 0 Å². The van der Waals surface area contributed by atoms with Crippen molar-refractivity contribution in [2.75, 3.05) is 0 Å².